The van der Waals surface area contributed by atoms with E-state index in [0.717, 1.165) is 77.7 Å². The summed E-state index contributed by atoms with van der Waals surface area (Å²) in [5.41, 5.74) is -0.219. The first kappa shape index (κ1) is 17.9. The Morgan fingerprint density at radius 1 is 1.00 bits per heavy atom. The van der Waals surface area contributed by atoms with Crippen LogP contribution in [-0.2, 0) is 9.53 Å². The van der Waals surface area contributed by atoms with Crippen LogP contribution in [0.1, 0.15) is 12.8 Å². The van der Waals surface area contributed by atoms with Crippen molar-refractivity contribution in [1.29, 1.82) is 0 Å². The van der Waals surface area contributed by atoms with E-state index in [0.29, 0.717) is 5.91 Å². The minimum Gasteiger partial charge on any atom is -0.379 e. The molecule has 0 saturated carbocycles. The van der Waals surface area contributed by atoms with E-state index in [2.05, 4.69) is 50.0 Å². The molecule has 3 saturated heterocycles. The van der Waals surface area contributed by atoms with Crippen LogP contribution < -0.4 is 4.90 Å². The van der Waals surface area contributed by atoms with Gasteiger partial charge in [0.15, 0.2) is 0 Å². The summed E-state index contributed by atoms with van der Waals surface area (Å²) < 4.78 is 5.42. The SMILES string of the molecule is O=C1N(CCN2CCOCC2)CCC12CCN(c1nccc3ccccc13)C2. The first-order valence-corrected chi connectivity index (χ1v) is 10.4. The number of amides is 1. The van der Waals surface area contributed by atoms with E-state index in [4.69, 9.17) is 4.74 Å². The van der Waals surface area contributed by atoms with Crippen molar-refractivity contribution in [2.24, 2.45) is 5.41 Å². The van der Waals surface area contributed by atoms with E-state index >= 15 is 0 Å². The van der Waals surface area contributed by atoms with Crippen molar-refractivity contribution in [3.05, 3.63) is 36.5 Å². The number of carbonyl (C=O) groups is 1. The van der Waals surface area contributed by atoms with Crippen LogP contribution in [0.25, 0.3) is 10.8 Å². The molecule has 3 aliphatic rings. The lowest BCUT2D eigenvalue weighted by atomic mass is 9.85. The van der Waals surface area contributed by atoms with Crippen molar-refractivity contribution < 1.29 is 9.53 Å². The van der Waals surface area contributed by atoms with Crippen LogP contribution in [0, 0.1) is 5.41 Å². The van der Waals surface area contributed by atoms with E-state index in [1.807, 2.05) is 6.20 Å². The number of morpholine rings is 1. The monoisotopic (exact) mass is 380 g/mol. The molecule has 1 unspecified atom stereocenters. The second-order valence-electron chi connectivity index (χ2n) is 8.30. The molecule has 148 valence electrons. The van der Waals surface area contributed by atoms with E-state index < -0.39 is 0 Å². The molecule has 0 N–H and O–H groups in total. The zero-order valence-electron chi connectivity index (χ0n) is 16.3. The van der Waals surface area contributed by atoms with Crippen LogP contribution >= 0.6 is 0 Å². The fourth-order valence-electron chi connectivity index (χ4n) is 4.98. The number of carbonyl (C=O) groups excluding carboxylic acids is 1. The summed E-state index contributed by atoms with van der Waals surface area (Å²) in [4.78, 5) is 24.8. The molecule has 2 aromatic rings. The number of ether oxygens (including phenoxy) is 1. The number of nitrogens with zero attached hydrogens (tertiary/aromatic N) is 4. The molecule has 4 heterocycles. The van der Waals surface area contributed by atoms with E-state index in [-0.39, 0.29) is 5.41 Å². The third-order valence-corrected chi connectivity index (χ3v) is 6.70. The molecule has 28 heavy (non-hydrogen) atoms. The number of benzene rings is 1. The Hall–Kier alpha value is -2.18. The maximum Gasteiger partial charge on any atom is 0.230 e. The van der Waals surface area contributed by atoms with Gasteiger partial charge in [-0.2, -0.15) is 0 Å². The maximum atomic E-state index is 13.3. The maximum absolute atomic E-state index is 13.3. The predicted molar refractivity (Wildman–Crippen MR) is 109 cm³/mol. The van der Waals surface area contributed by atoms with Crippen LogP contribution in [0.15, 0.2) is 36.5 Å². The molecule has 1 aromatic carbocycles. The van der Waals surface area contributed by atoms with Gasteiger partial charge in [-0.3, -0.25) is 9.69 Å². The zero-order chi connectivity index (χ0) is 19.0. The molecule has 1 atom stereocenters. The van der Waals surface area contributed by atoms with Crippen LogP contribution in [0.2, 0.25) is 0 Å². The first-order valence-electron chi connectivity index (χ1n) is 10.4. The minimum absolute atomic E-state index is 0.219. The topological polar surface area (TPSA) is 48.9 Å². The van der Waals surface area contributed by atoms with Gasteiger partial charge in [0, 0.05) is 57.4 Å². The number of aromatic nitrogens is 1. The fourth-order valence-corrected chi connectivity index (χ4v) is 4.98. The van der Waals surface area contributed by atoms with Crippen LogP contribution in [0.4, 0.5) is 5.82 Å². The summed E-state index contributed by atoms with van der Waals surface area (Å²) in [6.07, 6.45) is 3.79. The number of fused-ring (bicyclic) bond motifs is 1. The lowest BCUT2D eigenvalue weighted by molar-refractivity contribution is -0.135. The fraction of sp³-hybridized carbons (Fsp3) is 0.545. The standard InChI is InChI=1S/C22H28N4O2/c27-21-22(6-9-25(21)12-11-24-13-15-28-16-14-24)7-10-26(17-22)20-19-4-2-1-3-18(19)5-8-23-20/h1-5,8H,6-7,9-17H2. The Bertz CT molecular complexity index is 861. The second-order valence-corrected chi connectivity index (χ2v) is 8.30. The van der Waals surface area contributed by atoms with Gasteiger partial charge in [0.2, 0.25) is 5.91 Å². The molecule has 0 radical (unpaired) electrons. The van der Waals surface area contributed by atoms with Gasteiger partial charge in [-0.1, -0.05) is 24.3 Å². The highest BCUT2D eigenvalue weighted by atomic mass is 16.5. The molecule has 5 rings (SSSR count). The van der Waals surface area contributed by atoms with Gasteiger partial charge >= 0.3 is 0 Å². The molecular weight excluding hydrogens is 352 g/mol. The molecule has 0 aliphatic carbocycles. The Morgan fingerprint density at radius 3 is 2.71 bits per heavy atom. The number of rotatable bonds is 4. The molecule has 6 nitrogen and oxygen atoms in total. The summed E-state index contributed by atoms with van der Waals surface area (Å²) >= 11 is 0. The summed E-state index contributed by atoms with van der Waals surface area (Å²) in [7, 11) is 0. The van der Waals surface area contributed by atoms with Crippen LogP contribution in [0.5, 0.6) is 0 Å². The predicted octanol–water partition coefficient (Wildman–Crippen LogP) is 2.00. The Morgan fingerprint density at radius 2 is 1.82 bits per heavy atom. The number of pyridine rings is 1. The average molecular weight is 380 g/mol. The lowest BCUT2D eigenvalue weighted by Crippen LogP contribution is -2.43. The molecule has 3 aliphatic heterocycles. The Kier molecular flexibility index (Phi) is 4.69. The molecule has 6 heteroatoms. The molecule has 1 amide bonds. The van der Waals surface area contributed by atoms with Gasteiger partial charge in [0.05, 0.1) is 18.6 Å². The lowest BCUT2D eigenvalue weighted by Gasteiger charge is -2.29. The van der Waals surface area contributed by atoms with Gasteiger partial charge in [-0.25, -0.2) is 4.98 Å². The van der Waals surface area contributed by atoms with Gasteiger partial charge in [0.1, 0.15) is 5.82 Å². The summed E-state index contributed by atoms with van der Waals surface area (Å²) in [5.74, 6) is 1.37. The molecule has 1 aromatic heterocycles. The van der Waals surface area contributed by atoms with Crippen molar-refractivity contribution in [2.45, 2.75) is 12.8 Å². The largest absolute Gasteiger partial charge is 0.379 e. The van der Waals surface area contributed by atoms with Crippen LogP contribution in [0.3, 0.4) is 0 Å². The van der Waals surface area contributed by atoms with E-state index in [1.165, 1.54) is 10.8 Å². The minimum atomic E-state index is -0.219. The molecule has 1 spiro atoms. The van der Waals surface area contributed by atoms with Gasteiger partial charge in [0.25, 0.3) is 0 Å². The van der Waals surface area contributed by atoms with Gasteiger partial charge in [-0.15, -0.1) is 0 Å². The zero-order valence-corrected chi connectivity index (χ0v) is 16.3. The van der Waals surface area contributed by atoms with Crippen molar-refractivity contribution in [3.63, 3.8) is 0 Å². The van der Waals surface area contributed by atoms with Gasteiger partial charge < -0.3 is 14.5 Å². The highest BCUT2D eigenvalue weighted by molar-refractivity contribution is 5.93. The Labute approximate surface area is 166 Å². The quantitative estimate of drug-likeness (QED) is 0.812. The van der Waals surface area contributed by atoms with E-state index in [1.54, 1.807) is 0 Å². The highest BCUT2D eigenvalue weighted by Gasteiger charge is 2.50. The van der Waals surface area contributed by atoms with Crippen molar-refractivity contribution >= 4 is 22.5 Å². The third kappa shape index (κ3) is 3.14. The van der Waals surface area contributed by atoms with Crippen LogP contribution in [-0.4, -0.2) is 79.7 Å². The number of hydrogen-bond acceptors (Lipinski definition) is 5. The first-order chi connectivity index (χ1) is 13.8. The molecular formula is C22H28N4O2. The molecule has 0 bridgehead atoms. The average Bonchev–Trinajstić information content (AvgIpc) is 3.31. The van der Waals surface area contributed by atoms with Crippen molar-refractivity contribution in [2.75, 3.05) is 63.9 Å². The number of likely N-dealkylation sites (tertiary alicyclic amines) is 1. The number of anilines is 1. The van der Waals surface area contributed by atoms with E-state index in [9.17, 15) is 4.79 Å². The second kappa shape index (κ2) is 7.33. The van der Waals surface area contributed by atoms with Crippen molar-refractivity contribution in [3.8, 4) is 0 Å². The number of hydrogen-bond donors (Lipinski definition) is 0. The smallest absolute Gasteiger partial charge is 0.230 e. The summed E-state index contributed by atoms with van der Waals surface area (Å²) in [5, 5.41) is 2.38. The summed E-state index contributed by atoms with van der Waals surface area (Å²) in [6, 6.07) is 10.4. The highest BCUT2D eigenvalue weighted by Crippen LogP contribution is 2.42. The Balaban J connectivity index is 1.27. The normalized spacial score (nSPS) is 26.1. The van der Waals surface area contributed by atoms with Gasteiger partial charge in [-0.05, 0) is 24.3 Å². The molecule has 3 fully saturated rings. The summed E-state index contributed by atoms with van der Waals surface area (Å²) in [6.45, 7) is 7.97. The van der Waals surface area contributed by atoms with Crippen molar-refractivity contribution in [1.82, 2.24) is 14.8 Å². The third-order valence-electron chi connectivity index (χ3n) is 6.70.